The molecule has 0 aromatic heterocycles. The van der Waals surface area contributed by atoms with E-state index in [1.165, 1.54) is 20.3 Å². The van der Waals surface area contributed by atoms with Crippen LogP contribution in [0, 0.1) is 5.41 Å². The van der Waals surface area contributed by atoms with E-state index in [-0.39, 0.29) is 5.78 Å². The molecule has 0 radical (unpaired) electrons. The third kappa shape index (κ3) is 27400. The first-order valence-corrected chi connectivity index (χ1v) is 8.88. The van der Waals surface area contributed by atoms with Gasteiger partial charge in [-0.2, -0.15) is 0 Å². The van der Waals surface area contributed by atoms with Gasteiger partial charge in [-0.1, -0.05) is 48.0 Å². The van der Waals surface area contributed by atoms with Crippen molar-refractivity contribution < 1.29 is 17.9 Å². The zero-order chi connectivity index (χ0) is 18.0. The Bertz CT molecular complexity index is 242. The zero-order valence-corrected chi connectivity index (χ0v) is 16.6. The fourth-order valence-electron chi connectivity index (χ4n) is 0. The summed E-state index contributed by atoms with van der Waals surface area (Å²) >= 11 is 0. The van der Waals surface area contributed by atoms with Gasteiger partial charge in [0, 0.05) is 26.7 Å². The van der Waals surface area contributed by atoms with Gasteiger partial charge in [-0.3, -0.25) is 0 Å². The molecule has 0 fully saturated rings. The largest absolute Gasteiger partial charge is 0.388 e. The van der Waals surface area contributed by atoms with E-state index < -0.39 is 9.84 Å². The molecule has 0 bridgehead atoms. The molecule has 0 atom stereocenters. The molecule has 0 saturated carbocycles. The van der Waals surface area contributed by atoms with Gasteiger partial charge in [0.15, 0.2) is 0 Å². The van der Waals surface area contributed by atoms with Crippen LogP contribution in [-0.2, 0) is 19.4 Å². The Balaban J connectivity index is -0.0000000478. The topological polar surface area (TPSA) is 60.4 Å². The van der Waals surface area contributed by atoms with Crippen LogP contribution in [0.15, 0.2) is 0 Å². The number of ketones is 1. The van der Waals surface area contributed by atoms with Crippen LogP contribution in [0.25, 0.3) is 0 Å². The average molecular weight is 315 g/mol. The molecule has 0 unspecified atom stereocenters. The minimum atomic E-state index is -2.67. The van der Waals surface area contributed by atoms with Gasteiger partial charge in [-0.05, 0) is 19.3 Å². The van der Waals surface area contributed by atoms with Crippen molar-refractivity contribution in [2.45, 2.75) is 61.8 Å². The van der Waals surface area contributed by atoms with E-state index in [0.29, 0.717) is 5.41 Å². The Morgan fingerprint density at radius 3 is 0.950 bits per heavy atom. The number of ether oxygens (including phenoxy) is 1. The van der Waals surface area contributed by atoms with Crippen molar-refractivity contribution in [1.82, 2.24) is 0 Å². The van der Waals surface area contributed by atoms with Gasteiger partial charge in [0.05, 0.1) is 0 Å². The lowest BCUT2D eigenvalue weighted by Gasteiger charge is -2.05. The van der Waals surface area contributed by atoms with E-state index in [2.05, 4.69) is 46.3 Å². The molecule has 128 valence electrons. The molecule has 0 rings (SSSR count). The molecule has 0 heterocycles. The van der Waals surface area contributed by atoms with Crippen LogP contribution in [0.2, 0.25) is 0 Å². The number of methoxy groups -OCH3 is 1. The second kappa shape index (κ2) is 20.9. The van der Waals surface area contributed by atoms with E-state index in [4.69, 9.17) is 0 Å². The van der Waals surface area contributed by atoms with Crippen LogP contribution < -0.4 is 0 Å². The maximum Gasteiger partial charge on any atom is 0.144 e. The molecule has 0 amide bonds. The summed E-state index contributed by atoms with van der Waals surface area (Å²) in [6.07, 6.45) is 3.57. The molecule has 20 heavy (non-hydrogen) atoms. The van der Waals surface area contributed by atoms with Gasteiger partial charge in [0.1, 0.15) is 15.6 Å². The Hall–Kier alpha value is -0.420. The fourth-order valence-corrected chi connectivity index (χ4v) is 0. The summed E-state index contributed by atoms with van der Waals surface area (Å²) in [5.74, 6) is 0.167. The van der Waals surface area contributed by atoms with Gasteiger partial charge in [-0.15, -0.1) is 0 Å². The van der Waals surface area contributed by atoms with Gasteiger partial charge in [0.2, 0.25) is 0 Å². The Morgan fingerprint density at radius 2 is 0.950 bits per heavy atom. The first kappa shape index (κ1) is 31.8. The van der Waals surface area contributed by atoms with Crippen LogP contribution in [0.5, 0.6) is 0 Å². The van der Waals surface area contributed by atoms with Crippen molar-refractivity contribution in [3.05, 3.63) is 0 Å². The summed E-state index contributed by atoms with van der Waals surface area (Å²) in [5, 5.41) is 0. The van der Waals surface area contributed by atoms with Crippen molar-refractivity contribution in [3.8, 4) is 0 Å². The highest BCUT2D eigenvalue weighted by Crippen LogP contribution is 2.08. The molecular formula is C15H38O4S. The van der Waals surface area contributed by atoms with Crippen molar-refractivity contribution in [2.24, 2.45) is 5.41 Å². The van der Waals surface area contributed by atoms with Crippen molar-refractivity contribution >= 4 is 15.6 Å². The summed E-state index contributed by atoms with van der Waals surface area (Å²) < 4.78 is 23.5. The number of carbonyl (C=O) groups is 1. The highest BCUT2D eigenvalue weighted by molar-refractivity contribution is 7.89. The van der Waals surface area contributed by atoms with Gasteiger partial charge >= 0.3 is 0 Å². The van der Waals surface area contributed by atoms with E-state index in [0.717, 1.165) is 12.5 Å². The molecule has 0 aromatic carbocycles. The normalized spacial score (nSPS) is 9.00. The minimum Gasteiger partial charge on any atom is -0.388 e. The maximum absolute atomic E-state index is 9.63. The summed E-state index contributed by atoms with van der Waals surface area (Å²) in [6.45, 7) is 16.1. The summed E-state index contributed by atoms with van der Waals surface area (Å²) in [4.78, 5) is 9.44. The molecule has 0 aliphatic rings. The molecule has 0 aliphatic heterocycles. The van der Waals surface area contributed by atoms with Gasteiger partial charge < -0.3 is 9.53 Å². The van der Waals surface area contributed by atoms with Crippen LogP contribution in [0.1, 0.15) is 61.8 Å². The number of carbonyl (C=O) groups excluding carboxylic acids is 1. The van der Waals surface area contributed by atoms with E-state index in [1.807, 2.05) is 0 Å². The highest BCUT2D eigenvalue weighted by atomic mass is 32.2. The van der Waals surface area contributed by atoms with Crippen molar-refractivity contribution in [2.75, 3.05) is 26.7 Å². The predicted molar refractivity (Wildman–Crippen MR) is 91.1 cm³/mol. The monoisotopic (exact) mass is 314 g/mol. The molecule has 0 aromatic rings. The zero-order valence-electron chi connectivity index (χ0n) is 15.7. The average Bonchev–Trinajstić information content (AvgIpc) is 1.96. The molecule has 4 nitrogen and oxygen atoms in total. The number of sulfone groups is 1. The summed E-state index contributed by atoms with van der Waals surface area (Å²) in [5.41, 5.74) is 0.500. The van der Waals surface area contributed by atoms with Crippen molar-refractivity contribution in [3.63, 3.8) is 0 Å². The SMILES string of the molecule is CC(C)(C)C.CC(C)=O.CCC.COC.CS(C)(=O)=O. The van der Waals surface area contributed by atoms with Crippen LogP contribution in [-0.4, -0.2) is 40.9 Å². The lowest BCUT2D eigenvalue weighted by molar-refractivity contribution is -0.114. The van der Waals surface area contributed by atoms with Gasteiger partial charge in [-0.25, -0.2) is 8.42 Å². The molecule has 5 heteroatoms. The van der Waals surface area contributed by atoms with Crippen LogP contribution >= 0.6 is 0 Å². The second-order valence-electron chi connectivity index (χ2n) is 6.17. The number of Topliss-reactive ketones (excluding diaryl/α,β-unsaturated/α-hetero) is 1. The first-order chi connectivity index (χ1) is 8.56. The first-order valence-electron chi connectivity index (χ1n) is 6.58. The molecular weight excluding hydrogens is 276 g/mol. The lowest BCUT2D eigenvalue weighted by atomic mass is 10.0. The minimum absolute atomic E-state index is 0.167. The number of hydrogen-bond acceptors (Lipinski definition) is 4. The smallest absolute Gasteiger partial charge is 0.144 e. The second-order valence-corrected chi connectivity index (χ2v) is 8.45. The van der Waals surface area contributed by atoms with Crippen LogP contribution in [0.4, 0.5) is 0 Å². The van der Waals surface area contributed by atoms with E-state index in [9.17, 15) is 13.2 Å². The molecule has 0 spiro atoms. The number of rotatable bonds is 0. The van der Waals surface area contributed by atoms with Crippen molar-refractivity contribution in [1.29, 1.82) is 0 Å². The fraction of sp³-hybridized carbons (Fsp3) is 0.933. The molecule has 0 saturated heterocycles. The van der Waals surface area contributed by atoms with E-state index in [1.54, 1.807) is 14.2 Å². The Labute approximate surface area is 128 Å². The third-order valence-corrected chi connectivity index (χ3v) is 0. The Kier molecular flexibility index (Phi) is 33.2. The summed E-state index contributed by atoms with van der Waals surface area (Å²) in [6, 6.07) is 0. The quantitative estimate of drug-likeness (QED) is 0.678. The predicted octanol–water partition coefficient (Wildman–Crippen LogP) is 3.99. The Morgan fingerprint density at radius 1 is 0.950 bits per heavy atom. The molecule has 0 N–H and O–H groups in total. The lowest BCUT2D eigenvalue weighted by Crippen LogP contribution is -1.93. The highest BCUT2D eigenvalue weighted by Gasteiger charge is 1.95. The molecule has 0 aliphatic carbocycles. The maximum atomic E-state index is 9.63. The third-order valence-electron chi connectivity index (χ3n) is 0. The van der Waals surface area contributed by atoms with Crippen LogP contribution in [0.3, 0.4) is 0 Å². The van der Waals surface area contributed by atoms with Gasteiger partial charge in [0.25, 0.3) is 0 Å². The summed E-state index contributed by atoms with van der Waals surface area (Å²) in [7, 11) is 0.583. The van der Waals surface area contributed by atoms with E-state index >= 15 is 0 Å². The standard InChI is InChI=1S/C5H12.C3H6O.C3H8.C2H6O2S.C2H6O/c1-5(2,3)4;1-3(2)4;1-3-2;1-5(2,3)4;1-3-2/h1-4H3;1-2H3;3H2,1-2H3;1-2H3;1-2H3. The number of hydrogen-bond donors (Lipinski definition) is 0.